The third-order valence-electron chi connectivity index (χ3n) is 0.609. The fourth-order valence-electron chi connectivity index (χ4n) is 0.268. The summed E-state index contributed by atoms with van der Waals surface area (Å²) in [7, 11) is 0. The molecule has 11 heteroatoms. The van der Waals surface area contributed by atoms with Crippen LogP contribution in [0, 0.1) is 0 Å². The van der Waals surface area contributed by atoms with E-state index >= 15 is 0 Å². The maximum Gasteiger partial charge on any atom is 0.357 e. The molecule has 1 aromatic rings. The van der Waals surface area contributed by atoms with Gasteiger partial charge in [-0.15, -0.1) is 5.10 Å². The molecule has 1 rings (SSSR count). The van der Waals surface area contributed by atoms with Crippen molar-refractivity contribution < 1.29 is 9.59 Å². The van der Waals surface area contributed by atoms with Crippen molar-refractivity contribution >= 4 is 18.0 Å². The van der Waals surface area contributed by atoms with Crippen molar-refractivity contribution in [1.29, 1.82) is 0 Å². The Balaban J connectivity index is 0.000000249. The number of H-pyrrole nitrogens is 1. The van der Waals surface area contributed by atoms with Crippen molar-refractivity contribution in [2.75, 3.05) is 5.73 Å². The standard InChI is InChI=1S/C2H4N4O2.CH3N5/c3-1(7)5-6-2(4)8;2-1-3-5-6-4-1/h(H2,3,7)(H2,4,8);(H3,2,3,4,5,6). The molecule has 7 N–H and O–H groups in total. The van der Waals surface area contributed by atoms with Gasteiger partial charge in [0.05, 0.1) is 0 Å². The zero-order valence-corrected chi connectivity index (χ0v) is 6.78. The van der Waals surface area contributed by atoms with Crippen LogP contribution in [0.5, 0.6) is 0 Å². The number of anilines is 1. The summed E-state index contributed by atoms with van der Waals surface area (Å²) < 4.78 is 0. The number of aromatic amines is 1. The molecule has 0 atom stereocenters. The number of amides is 4. The first-order valence-electron chi connectivity index (χ1n) is 3.02. The lowest BCUT2D eigenvalue weighted by Crippen LogP contribution is -2.07. The number of nitrogens with zero attached hydrogens (tertiary/aromatic N) is 5. The maximum absolute atomic E-state index is 9.66. The van der Waals surface area contributed by atoms with Crippen molar-refractivity contribution in [3.63, 3.8) is 0 Å². The summed E-state index contributed by atoms with van der Waals surface area (Å²) in [5, 5.41) is 17.3. The predicted molar refractivity (Wildman–Crippen MR) is 42.6 cm³/mol. The SMILES string of the molecule is NC(=O)N=NC(N)=O.Nc1nn[nH]n1. The number of carbonyl (C=O) groups excluding carboxylic acids is 2. The van der Waals surface area contributed by atoms with Gasteiger partial charge >= 0.3 is 12.1 Å². The van der Waals surface area contributed by atoms with E-state index in [4.69, 9.17) is 5.73 Å². The van der Waals surface area contributed by atoms with E-state index in [9.17, 15) is 9.59 Å². The molecular weight excluding hydrogens is 194 g/mol. The number of rotatable bonds is 0. The van der Waals surface area contributed by atoms with E-state index in [0.717, 1.165) is 0 Å². The van der Waals surface area contributed by atoms with E-state index in [1.54, 1.807) is 0 Å². The Morgan fingerprint density at radius 1 is 1.21 bits per heavy atom. The van der Waals surface area contributed by atoms with Gasteiger partial charge in [-0.05, 0) is 5.21 Å². The minimum Gasteiger partial charge on any atom is -0.365 e. The second kappa shape index (κ2) is 5.99. The van der Waals surface area contributed by atoms with Gasteiger partial charge < -0.3 is 17.2 Å². The number of nitrogens with two attached hydrogens (primary N) is 3. The first-order valence-corrected chi connectivity index (χ1v) is 3.02. The van der Waals surface area contributed by atoms with E-state index in [0.29, 0.717) is 0 Å². The summed E-state index contributed by atoms with van der Waals surface area (Å²) in [5.41, 5.74) is 13.8. The minimum absolute atomic E-state index is 0.176. The average Bonchev–Trinajstić information content (AvgIpc) is 2.53. The highest BCUT2D eigenvalue weighted by Gasteiger charge is 1.86. The fourth-order valence-corrected chi connectivity index (χ4v) is 0.268. The summed E-state index contributed by atoms with van der Waals surface area (Å²) in [5.74, 6) is 0.176. The molecule has 0 fully saturated rings. The largest absolute Gasteiger partial charge is 0.365 e. The van der Waals surface area contributed by atoms with Crippen LogP contribution in [-0.4, -0.2) is 32.7 Å². The second-order valence-corrected chi connectivity index (χ2v) is 1.65. The molecule has 0 radical (unpaired) electrons. The lowest BCUT2D eigenvalue weighted by molar-refractivity contribution is 0.249. The van der Waals surface area contributed by atoms with E-state index < -0.39 is 12.1 Å². The molecule has 0 aliphatic heterocycles. The highest BCUT2D eigenvalue weighted by Crippen LogP contribution is 1.72. The van der Waals surface area contributed by atoms with Crippen molar-refractivity contribution in [3.05, 3.63) is 0 Å². The number of aromatic nitrogens is 4. The average molecular weight is 201 g/mol. The lowest BCUT2D eigenvalue weighted by atomic mass is 11.1. The number of hydrogen-bond acceptors (Lipinski definition) is 6. The van der Waals surface area contributed by atoms with Crippen LogP contribution in [0.1, 0.15) is 0 Å². The number of primary amides is 2. The molecule has 0 aliphatic carbocycles. The first kappa shape index (κ1) is 11.4. The molecule has 0 aromatic carbocycles. The zero-order chi connectivity index (χ0) is 11.0. The van der Waals surface area contributed by atoms with Crippen LogP contribution in [0.3, 0.4) is 0 Å². The number of carbonyl (C=O) groups is 2. The molecule has 14 heavy (non-hydrogen) atoms. The Morgan fingerprint density at radius 2 is 1.71 bits per heavy atom. The van der Waals surface area contributed by atoms with Crippen LogP contribution >= 0.6 is 0 Å². The highest BCUT2D eigenvalue weighted by molar-refractivity contribution is 5.77. The molecule has 0 unspecified atom stereocenters. The third kappa shape index (κ3) is 7.52. The van der Waals surface area contributed by atoms with Crippen LogP contribution in [0.15, 0.2) is 10.2 Å². The first-order chi connectivity index (χ1) is 6.52. The van der Waals surface area contributed by atoms with Gasteiger partial charge in [-0.25, -0.2) is 9.59 Å². The molecular formula is C3H7N9O2. The number of azo groups is 1. The van der Waals surface area contributed by atoms with Crippen molar-refractivity contribution in [1.82, 2.24) is 20.6 Å². The third-order valence-corrected chi connectivity index (χ3v) is 0.609. The molecule has 0 saturated heterocycles. The summed E-state index contributed by atoms with van der Waals surface area (Å²) in [6, 6.07) is -2.08. The molecule has 0 aliphatic rings. The summed E-state index contributed by atoms with van der Waals surface area (Å²) in [4.78, 5) is 19.3. The van der Waals surface area contributed by atoms with Gasteiger partial charge in [0.1, 0.15) is 0 Å². The quantitative estimate of drug-likeness (QED) is 0.364. The molecule has 0 bridgehead atoms. The molecule has 11 nitrogen and oxygen atoms in total. The topological polar surface area (TPSA) is 191 Å². The zero-order valence-electron chi connectivity index (χ0n) is 6.78. The van der Waals surface area contributed by atoms with E-state index in [2.05, 4.69) is 42.3 Å². The van der Waals surface area contributed by atoms with Crippen molar-refractivity contribution in [2.45, 2.75) is 0 Å². The predicted octanol–water partition coefficient (Wildman–Crippen LogP) is -1.62. The van der Waals surface area contributed by atoms with Crippen LogP contribution < -0.4 is 17.2 Å². The van der Waals surface area contributed by atoms with Crippen LogP contribution in [0.25, 0.3) is 0 Å². The van der Waals surface area contributed by atoms with Gasteiger partial charge in [-0.2, -0.15) is 5.21 Å². The van der Waals surface area contributed by atoms with Crippen molar-refractivity contribution in [2.24, 2.45) is 21.7 Å². The maximum atomic E-state index is 9.66. The van der Waals surface area contributed by atoms with E-state index in [1.165, 1.54) is 0 Å². The Kier molecular flexibility index (Phi) is 4.88. The van der Waals surface area contributed by atoms with Gasteiger partial charge in [-0.3, -0.25) is 0 Å². The molecule has 0 spiro atoms. The van der Waals surface area contributed by atoms with Crippen LogP contribution in [-0.2, 0) is 0 Å². The molecule has 4 amide bonds. The summed E-state index contributed by atoms with van der Waals surface area (Å²) >= 11 is 0. The van der Waals surface area contributed by atoms with Crippen LogP contribution in [0.2, 0.25) is 0 Å². The second-order valence-electron chi connectivity index (χ2n) is 1.65. The number of hydrogen-bond donors (Lipinski definition) is 4. The van der Waals surface area contributed by atoms with Crippen LogP contribution in [0.4, 0.5) is 15.5 Å². The van der Waals surface area contributed by atoms with Gasteiger partial charge in [0.25, 0.3) is 5.95 Å². The lowest BCUT2D eigenvalue weighted by Gasteiger charge is -1.74. The Hall–Kier alpha value is -2.59. The monoisotopic (exact) mass is 201 g/mol. The minimum atomic E-state index is -1.04. The summed E-state index contributed by atoms with van der Waals surface area (Å²) in [6.45, 7) is 0. The Morgan fingerprint density at radius 3 is 1.86 bits per heavy atom. The Bertz CT molecular complexity index is 299. The number of nitrogen functional groups attached to an aromatic ring is 1. The molecule has 1 aromatic heterocycles. The molecule has 76 valence electrons. The normalized spacial score (nSPS) is 9.14. The smallest absolute Gasteiger partial charge is 0.357 e. The molecule has 0 saturated carbocycles. The van der Waals surface area contributed by atoms with E-state index in [-0.39, 0.29) is 5.95 Å². The van der Waals surface area contributed by atoms with Gasteiger partial charge in [0.2, 0.25) is 0 Å². The Labute approximate surface area is 76.7 Å². The van der Waals surface area contributed by atoms with E-state index in [1.807, 2.05) is 0 Å². The highest BCUT2D eigenvalue weighted by atomic mass is 16.2. The van der Waals surface area contributed by atoms with Gasteiger partial charge in [0, 0.05) is 0 Å². The summed E-state index contributed by atoms with van der Waals surface area (Å²) in [6.07, 6.45) is 0. The number of urea groups is 2. The number of nitrogens with one attached hydrogen (secondary N) is 1. The van der Waals surface area contributed by atoms with Crippen molar-refractivity contribution in [3.8, 4) is 0 Å². The molecule has 1 heterocycles. The van der Waals surface area contributed by atoms with Gasteiger partial charge in [-0.1, -0.05) is 15.3 Å². The fraction of sp³-hybridized carbons (Fsp3) is 0. The van der Waals surface area contributed by atoms with Gasteiger partial charge in [0.15, 0.2) is 0 Å². The number of tetrazole rings is 1.